The van der Waals surface area contributed by atoms with Crippen molar-refractivity contribution in [2.24, 2.45) is 0 Å². The van der Waals surface area contributed by atoms with E-state index in [2.05, 4.69) is 11.9 Å². The molecule has 1 aromatic rings. The number of benzene rings is 1. The Bertz CT molecular complexity index is 420. The summed E-state index contributed by atoms with van der Waals surface area (Å²) in [5, 5.41) is 2.40. The predicted octanol–water partition coefficient (Wildman–Crippen LogP) is 1.81. The van der Waals surface area contributed by atoms with Crippen LogP contribution in [0.4, 0.5) is 4.39 Å². The Hall–Kier alpha value is -1.88. The van der Waals surface area contributed by atoms with Crippen LogP contribution in [0.2, 0.25) is 0 Å². The van der Waals surface area contributed by atoms with E-state index >= 15 is 0 Å². The zero-order valence-electron chi connectivity index (χ0n) is 10.2. The molecule has 0 radical (unpaired) electrons. The van der Waals surface area contributed by atoms with Crippen LogP contribution in [0, 0.1) is 0 Å². The maximum Gasteiger partial charge on any atom is 0.279 e. The number of hydrogen-bond acceptors (Lipinski definition) is 3. The summed E-state index contributed by atoms with van der Waals surface area (Å²) >= 11 is 0. The fourth-order valence-corrected chi connectivity index (χ4v) is 1.30. The average molecular weight is 253 g/mol. The number of para-hydroxylation sites is 1. The normalized spacial score (nSPS) is 9.89. The molecule has 0 heterocycles. The van der Waals surface area contributed by atoms with Crippen molar-refractivity contribution >= 4 is 5.91 Å². The minimum Gasteiger partial charge on any atom is -0.491 e. The summed E-state index contributed by atoms with van der Waals surface area (Å²) in [5.74, 6) is -1.19. The van der Waals surface area contributed by atoms with Crippen LogP contribution in [0.25, 0.3) is 0 Å². The Morgan fingerprint density at radius 2 is 2.11 bits per heavy atom. The van der Waals surface area contributed by atoms with Crippen molar-refractivity contribution in [3.8, 4) is 5.75 Å². The largest absolute Gasteiger partial charge is 0.491 e. The molecule has 0 bridgehead atoms. The van der Waals surface area contributed by atoms with Crippen molar-refractivity contribution < 1.29 is 18.7 Å². The third-order valence-electron chi connectivity index (χ3n) is 2.20. The minimum absolute atomic E-state index is 0.185. The Morgan fingerprint density at radius 3 is 2.78 bits per heavy atom. The lowest BCUT2D eigenvalue weighted by Crippen LogP contribution is -2.23. The lowest BCUT2D eigenvalue weighted by molar-refractivity contribution is -0.119. The van der Waals surface area contributed by atoms with E-state index in [1.165, 1.54) is 0 Å². The summed E-state index contributed by atoms with van der Waals surface area (Å²) < 4.78 is 22.8. The molecule has 0 fully saturated rings. The van der Waals surface area contributed by atoms with Gasteiger partial charge in [0.05, 0.1) is 6.61 Å². The van der Waals surface area contributed by atoms with Gasteiger partial charge in [-0.05, 0) is 6.07 Å². The van der Waals surface area contributed by atoms with Crippen molar-refractivity contribution in [1.29, 1.82) is 0 Å². The Morgan fingerprint density at radius 1 is 1.39 bits per heavy atom. The van der Waals surface area contributed by atoms with Crippen molar-refractivity contribution in [3.63, 3.8) is 0 Å². The van der Waals surface area contributed by atoms with Gasteiger partial charge in [-0.3, -0.25) is 4.79 Å². The third-order valence-corrected chi connectivity index (χ3v) is 2.20. The van der Waals surface area contributed by atoms with E-state index in [1.807, 2.05) is 12.1 Å². The topological polar surface area (TPSA) is 47.6 Å². The molecule has 1 amide bonds. The van der Waals surface area contributed by atoms with Crippen LogP contribution in [0.1, 0.15) is 5.56 Å². The molecule has 0 saturated heterocycles. The van der Waals surface area contributed by atoms with E-state index in [0.717, 1.165) is 5.56 Å². The first kappa shape index (κ1) is 14.2. The second-order valence-electron chi connectivity index (χ2n) is 3.54. The summed E-state index contributed by atoms with van der Waals surface area (Å²) in [5.41, 5.74) is 0.767. The first-order chi connectivity index (χ1) is 8.65. The number of nitrogens with one attached hydrogen (secondary N) is 1. The molecule has 0 spiro atoms. The summed E-state index contributed by atoms with van der Waals surface area (Å²) in [6, 6.07) is 7.21. The van der Waals surface area contributed by atoms with Crippen LogP contribution in [-0.4, -0.2) is 26.2 Å². The van der Waals surface area contributed by atoms with E-state index in [0.29, 0.717) is 19.0 Å². The van der Waals surface area contributed by atoms with Gasteiger partial charge in [-0.1, -0.05) is 24.8 Å². The van der Waals surface area contributed by atoms with Crippen molar-refractivity contribution in [2.75, 3.05) is 20.3 Å². The first-order valence-corrected chi connectivity index (χ1v) is 5.47. The molecule has 0 saturated carbocycles. The summed E-state index contributed by atoms with van der Waals surface area (Å²) in [7, 11) is 1.59. The van der Waals surface area contributed by atoms with E-state index in [1.54, 1.807) is 19.2 Å². The number of ether oxygens (including phenoxy) is 2. The second kappa shape index (κ2) is 7.45. The van der Waals surface area contributed by atoms with Gasteiger partial charge in [0.15, 0.2) is 5.83 Å². The Labute approximate surface area is 105 Å². The second-order valence-corrected chi connectivity index (χ2v) is 3.54. The van der Waals surface area contributed by atoms with Crippen molar-refractivity contribution in [3.05, 3.63) is 42.2 Å². The number of amides is 1. The fourth-order valence-electron chi connectivity index (χ4n) is 1.30. The molecular formula is C13H16FNO3. The number of carbonyl (C=O) groups is 1. The van der Waals surface area contributed by atoms with Crippen LogP contribution in [0.3, 0.4) is 0 Å². The molecule has 0 aliphatic carbocycles. The molecule has 4 nitrogen and oxygen atoms in total. The van der Waals surface area contributed by atoms with Gasteiger partial charge in [-0.25, -0.2) is 4.39 Å². The maximum absolute atomic E-state index is 12.5. The number of rotatable bonds is 7. The third kappa shape index (κ3) is 4.55. The zero-order chi connectivity index (χ0) is 13.4. The standard InChI is InChI=1S/C13H16FNO3/c1-10(14)13(16)15-9-11-5-3-4-6-12(11)18-8-7-17-2/h3-6H,1,7-9H2,2H3,(H,15,16). The predicted molar refractivity (Wildman–Crippen MR) is 65.9 cm³/mol. The maximum atomic E-state index is 12.5. The molecule has 0 unspecified atom stereocenters. The van der Waals surface area contributed by atoms with Gasteiger partial charge in [-0.15, -0.1) is 0 Å². The van der Waals surface area contributed by atoms with Gasteiger partial charge in [0.1, 0.15) is 12.4 Å². The summed E-state index contributed by atoms with van der Waals surface area (Å²) in [6.45, 7) is 4.00. The average Bonchev–Trinajstić information content (AvgIpc) is 2.37. The van der Waals surface area contributed by atoms with E-state index in [-0.39, 0.29) is 6.54 Å². The number of methoxy groups -OCH3 is 1. The molecule has 0 aromatic heterocycles. The van der Waals surface area contributed by atoms with Gasteiger partial charge in [0.2, 0.25) is 0 Å². The highest BCUT2D eigenvalue weighted by molar-refractivity contribution is 5.90. The van der Waals surface area contributed by atoms with Gasteiger partial charge in [-0.2, -0.15) is 0 Å². The number of halogens is 1. The van der Waals surface area contributed by atoms with Gasteiger partial charge < -0.3 is 14.8 Å². The lowest BCUT2D eigenvalue weighted by atomic mass is 10.2. The zero-order valence-corrected chi connectivity index (χ0v) is 10.2. The molecule has 1 rings (SSSR count). The van der Waals surface area contributed by atoms with Crippen molar-refractivity contribution in [1.82, 2.24) is 5.32 Å². The Balaban J connectivity index is 2.58. The van der Waals surface area contributed by atoms with Crippen LogP contribution < -0.4 is 10.1 Å². The van der Waals surface area contributed by atoms with Gasteiger partial charge in [0, 0.05) is 19.2 Å². The molecular weight excluding hydrogens is 237 g/mol. The molecule has 1 aromatic carbocycles. The first-order valence-electron chi connectivity index (χ1n) is 5.47. The van der Waals surface area contributed by atoms with E-state index in [9.17, 15) is 9.18 Å². The number of carbonyl (C=O) groups excluding carboxylic acids is 1. The van der Waals surface area contributed by atoms with E-state index < -0.39 is 11.7 Å². The van der Waals surface area contributed by atoms with Gasteiger partial charge in [0.25, 0.3) is 5.91 Å². The lowest BCUT2D eigenvalue weighted by Gasteiger charge is -2.11. The molecule has 5 heteroatoms. The highest BCUT2D eigenvalue weighted by Crippen LogP contribution is 2.17. The van der Waals surface area contributed by atoms with Crippen LogP contribution in [0.5, 0.6) is 5.75 Å². The fraction of sp³-hybridized carbons (Fsp3) is 0.308. The SMILES string of the molecule is C=C(F)C(=O)NCc1ccccc1OCCOC. The van der Waals surface area contributed by atoms with Crippen LogP contribution in [0.15, 0.2) is 36.7 Å². The van der Waals surface area contributed by atoms with Crippen molar-refractivity contribution in [2.45, 2.75) is 6.54 Å². The quantitative estimate of drug-likeness (QED) is 0.595. The Kier molecular flexibility index (Phi) is 5.87. The molecule has 0 aliphatic heterocycles. The highest BCUT2D eigenvalue weighted by atomic mass is 19.1. The monoisotopic (exact) mass is 253 g/mol. The molecule has 1 N–H and O–H groups in total. The smallest absolute Gasteiger partial charge is 0.279 e. The number of hydrogen-bond donors (Lipinski definition) is 1. The molecule has 18 heavy (non-hydrogen) atoms. The minimum atomic E-state index is -1.01. The molecule has 98 valence electrons. The van der Waals surface area contributed by atoms with E-state index in [4.69, 9.17) is 9.47 Å². The summed E-state index contributed by atoms with van der Waals surface area (Å²) in [6.07, 6.45) is 0. The van der Waals surface area contributed by atoms with Gasteiger partial charge >= 0.3 is 0 Å². The van der Waals surface area contributed by atoms with Crippen LogP contribution >= 0.6 is 0 Å². The molecule has 0 aliphatic rings. The highest BCUT2D eigenvalue weighted by Gasteiger charge is 2.07. The molecule has 0 atom stereocenters. The van der Waals surface area contributed by atoms with Crippen LogP contribution in [-0.2, 0) is 16.1 Å². The summed E-state index contributed by atoms with van der Waals surface area (Å²) in [4.78, 5) is 11.0.